The zero-order chi connectivity index (χ0) is 21.9. The van der Waals surface area contributed by atoms with Crippen LogP contribution in [0.4, 0.5) is 0 Å². The van der Waals surface area contributed by atoms with Crippen LogP contribution in [0.1, 0.15) is 75.4 Å². The first-order chi connectivity index (χ1) is 14.1. The molecule has 158 valence electrons. The van der Waals surface area contributed by atoms with Crippen LogP contribution in [0, 0.1) is 0 Å². The van der Waals surface area contributed by atoms with Crippen molar-refractivity contribution in [2.24, 2.45) is 0 Å². The minimum Gasteiger partial charge on any atom is -0.507 e. The van der Waals surface area contributed by atoms with E-state index in [0.29, 0.717) is 5.75 Å². The van der Waals surface area contributed by atoms with Gasteiger partial charge in [0, 0.05) is 12.1 Å². The summed E-state index contributed by atoms with van der Waals surface area (Å²) in [6.07, 6.45) is 0. The lowest BCUT2D eigenvalue weighted by atomic mass is 9.77. The summed E-state index contributed by atoms with van der Waals surface area (Å²) in [5.41, 5.74) is 5.38. The van der Waals surface area contributed by atoms with Gasteiger partial charge in [-0.25, -0.2) is 0 Å². The second kappa shape index (κ2) is 8.65. The Kier molecular flexibility index (Phi) is 6.38. The number of aromatic hydroxyl groups is 1. The van der Waals surface area contributed by atoms with Crippen molar-refractivity contribution in [3.05, 3.63) is 101 Å². The Morgan fingerprint density at radius 2 is 1.33 bits per heavy atom. The SMILES string of the molecule is CC(C)(C)c1cc(C(NCc2ccccc2)c2ccccc2)c(O)c(C(C)(C)C)c1. The van der Waals surface area contributed by atoms with Crippen LogP contribution in [0.5, 0.6) is 5.75 Å². The Morgan fingerprint density at radius 1 is 0.767 bits per heavy atom. The summed E-state index contributed by atoms with van der Waals surface area (Å²) in [5.74, 6) is 0.393. The predicted octanol–water partition coefficient (Wildman–Crippen LogP) is 6.87. The average Bonchev–Trinajstić information content (AvgIpc) is 2.69. The van der Waals surface area contributed by atoms with Crippen LogP contribution in [0.25, 0.3) is 0 Å². The predicted molar refractivity (Wildman–Crippen MR) is 127 cm³/mol. The normalized spacial score (nSPS) is 13.3. The standard InChI is InChI=1S/C28H35NO/c1-27(2,3)22-17-23(26(30)24(18-22)28(4,5)6)25(21-15-11-8-12-16-21)29-19-20-13-9-7-10-14-20/h7-18,25,29-30H,19H2,1-6H3. The highest BCUT2D eigenvalue weighted by molar-refractivity contribution is 5.52. The number of nitrogens with one attached hydrogen (secondary N) is 1. The molecule has 0 aliphatic carbocycles. The quantitative estimate of drug-likeness (QED) is 0.489. The molecule has 0 saturated heterocycles. The van der Waals surface area contributed by atoms with E-state index in [4.69, 9.17) is 0 Å². The van der Waals surface area contributed by atoms with Gasteiger partial charge in [0.15, 0.2) is 0 Å². The van der Waals surface area contributed by atoms with Crippen molar-refractivity contribution in [3.63, 3.8) is 0 Å². The van der Waals surface area contributed by atoms with Crippen LogP contribution in [-0.4, -0.2) is 5.11 Å². The highest BCUT2D eigenvalue weighted by atomic mass is 16.3. The summed E-state index contributed by atoms with van der Waals surface area (Å²) in [5, 5.41) is 15.1. The third-order valence-electron chi connectivity index (χ3n) is 5.61. The molecule has 0 aliphatic rings. The second-order valence-corrected chi connectivity index (χ2v) is 10.2. The molecule has 0 spiro atoms. The lowest BCUT2D eigenvalue weighted by molar-refractivity contribution is 0.429. The minimum atomic E-state index is -0.152. The van der Waals surface area contributed by atoms with Crippen molar-refractivity contribution in [3.8, 4) is 5.75 Å². The average molecular weight is 402 g/mol. The highest BCUT2D eigenvalue weighted by Crippen LogP contribution is 2.41. The maximum absolute atomic E-state index is 11.4. The maximum atomic E-state index is 11.4. The molecule has 1 unspecified atom stereocenters. The van der Waals surface area contributed by atoms with Gasteiger partial charge in [-0.2, -0.15) is 0 Å². The minimum absolute atomic E-state index is 0.0108. The van der Waals surface area contributed by atoms with E-state index < -0.39 is 0 Å². The summed E-state index contributed by atoms with van der Waals surface area (Å²) in [7, 11) is 0. The van der Waals surface area contributed by atoms with E-state index in [9.17, 15) is 5.11 Å². The van der Waals surface area contributed by atoms with Gasteiger partial charge in [-0.1, -0.05) is 108 Å². The number of phenols is 1. The van der Waals surface area contributed by atoms with Gasteiger partial charge in [-0.3, -0.25) is 0 Å². The summed E-state index contributed by atoms with van der Waals surface area (Å²) >= 11 is 0. The Balaban J connectivity index is 2.14. The zero-order valence-electron chi connectivity index (χ0n) is 19.2. The Labute approximate surface area is 182 Å². The fraction of sp³-hybridized carbons (Fsp3) is 0.357. The number of rotatable bonds is 5. The summed E-state index contributed by atoms with van der Waals surface area (Å²) in [6.45, 7) is 13.9. The van der Waals surface area contributed by atoms with Gasteiger partial charge >= 0.3 is 0 Å². The molecule has 1 atom stereocenters. The van der Waals surface area contributed by atoms with Crippen molar-refractivity contribution in [2.45, 2.75) is 65.0 Å². The van der Waals surface area contributed by atoms with Gasteiger partial charge in [-0.15, -0.1) is 0 Å². The number of hydrogen-bond donors (Lipinski definition) is 2. The molecule has 0 aliphatic heterocycles. The van der Waals surface area contributed by atoms with Gasteiger partial charge in [0.2, 0.25) is 0 Å². The third kappa shape index (κ3) is 5.12. The van der Waals surface area contributed by atoms with Gasteiger partial charge < -0.3 is 10.4 Å². The first-order valence-electron chi connectivity index (χ1n) is 10.8. The van der Waals surface area contributed by atoms with E-state index in [-0.39, 0.29) is 16.9 Å². The lowest BCUT2D eigenvalue weighted by Crippen LogP contribution is -2.25. The van der Waals surface area contributed by atoms with E-state index >= 15 is 0 Å². The van der Waals surface area contributed by atoms with Crippen molar-refractivity contribution in [1.29, 1.82) is 0 Å². The van der Waals surface area contributed by atoms with Crippen LogP contribution in [0.2, 0.25) is 0 Å². The molecule has 0 bridgehead atoms. The van der Waals surface area contributed by atoms with Gasteiger partial charge in [0.25, 0.3) is 0 Å². The van der Waals surface area contributed by atoms with Gasteiger partial charge in [0.1, 0.15) is 5.75 Å². The van der Waals surface area contributed by atoms with Crippen molar-refractivity contribution < 1.29 is 5.11 Å². The van der Waals surface area contributed by atoms with Gasteiger partial charge in [0.05, 0.1) is 6.04 Å². The first kappa shape index (κ1) is 22.1. The largest absolute Gasteiger partial charge is 0.507 e. The van der Waals surface area contributed by atoms with Crippen LogP contribution < -0.4 is 5.32 Å². The third-order valence-corrected chi connectivity index (χ3v) is 5.61. The molecule has 3 rings (SSSR count). The van der Waals surface area contributed by atoms with Crippen LogP contribution >= 0.6 is 0 Å². The molecular formula is C28H35NO. The number of hydrogen-bond acceptors (Lipinski definition) is 2. The lowest BCUT2D eigenvalue weighted by Gasteiger charge is -2.30. The first-order valence-corrected chi connectivity index (χ1v) is 10.8. The fourth-order valence-electron chi connectivity index (χ4n) is 3.75. The molecule has 2 heteroatoms. The van der Waals surface area contributed by atoms with Crippen molar-refractivity contribution in [1.82, 2.24) is 5.32 Å². The molecule has 3 aromatic carbocycles. The molecule has 0 aromatic heterocycles. The van der Waals surface area contributed by atoms with Crippen molar-refractivity contribution >= 4 is 0 Å². The van der Waals surface area contributed by atoms with E-state index in [2.05, 4.69) is 108 Å². The number of benzene rings is 3. The molecule has 0 saturated carbocycles. The molecule has 2 N–H and O–H groups in total. The summed E-state index contributed by atoms with van der Waals surface area (Å²) < 4.78 is 0. The molecule has 0 heterocycles. The molecule has 0 amide bonds. The fourth-order valence-corrected chi connectivity index (χ4v) is 3.75. The molecular weight excluding hydrogens is 366 g/mol. The van der Waals surface area contributed by atoms with Gasteiger partial charge in [-0.05, 0) is 39.2 Å². The summed E-state index contributed by atoms with van der Waals surface area (Å²) in [4.78, 5) is 0. The van der Waals surface area contributed by atoms with Crippen molar-refractivity contribution in [2.75, 3.05) is 0 Å². The molecule has 30 heavy (non-hydrogen) atoms. The highest BCUT2D eigenvalue weighted by Gasteiger charge is 2.28. The van der Waals surface area contributed by atoms with E-state index in [0.717, 1.165) is 23.2 Å². The molecule has 3 aromatic rings. The van der Waals surface area contributed by atoms with E-state index in [1.165, 1.54) is 11.1 Å². The summed E-state index contributed by atoms with van der Waals surface area (Å²) in [6, 6.07) is 25.1. The molecule has 2 nitrogen and oxygen atoms in total. The van der Waals surface area contributed by atoms with Crippen LogP contribution in [0.15, 0.2) is 72.8 Å². The second-order valence-electron chi connectivity index (χ2n) is 10.2. The maximum Gasteiger partial charge on any atom is 0.124 e. The van der Waals surface area contributed by atoms with E-state index in [1.807, 2.05) is 12.1 Å². The Bertz CT molecular complexity index is 963. The van der Waals surface area contributed by atoms with Crippen LogP contribution in [0.3, 0.4) is 0 Å². The zero-order valence-corrected chi connectivity index (χ0v) is 19.2. The topological polar surface area (TPSA) is 32.3 Å². The smallest absolute Gasteiger partial charge is 0.124 e. The molecule has 0 radical (unpaired) electrons. The Hall–Kier alpha value is -2.58. The molecule has 0 fully saturated rings. The Morgan fingerprint density at radius 3 is 1.87 bits per heavy atom. The van der Waals surface area contributed by atoms with E-state index in [1.54, 1.807) is 0 Å². The monoisotopic (exact) mass is 401 g/mol. The number of phenolic OH excluding ortho intramolecular Hbond substituents is 1. The van der Waals surface area contributed by atoms with Crippen LogP contribution in [-0.2, 0) is 17.4 Å².